The lowest BCUT2D eigenvalue weighted by molar-refractivity contribution is -0.131. The lowest BCUT2D eigenvalue weighted by atomic mass is 10.1. The minimum Gasteiger partial charge on any atom is -0.497 e. The number of fused-ring (bicyclic) bond motifs is 1. The highest BCUT2D eigenvalue weighted by atomic mass is 16.5. The second kappa shape index (κ2) is 7.85. The molecule has 0 saturated heterocycles. The molecule has 5 nitrogen and oxygen atoms in total. The van der Waals surface area contributed by atoms with E-state index < -0.39 is 6.10 Å². The van der Waals surface area contributed by atoms with Crippen LogP contribution in [0.15, 0.2) is 54.7 Å². The molecule has 0 aliphatic heterocycles. The molecule has 3 aromatic rings. The van der Waals surface area contributed by atoms with Crippen LogP contribution in [0.2, 0.25) is 0 Å². The number of aromatic amines is 1. The Hall–Kier alpha value is -2.79. The number of hydrogen-bond donors (Lipinski definition) is 2. The Balaban J connectivity index is 1.63. The van der Waals surface area contributed by atoms with Gasteiger partial charge in [0.2, 0.25) is 0 Å². The topological polar surface area (TPSA) is 63.3 Å². The molecule has 2 aromatic carbocycles. The van der Waals surface area contributed by atoms with Crippen molar-refractivity contribution in [3.8, 4) is 5.75 Å². The summed E-state index contributed by atoms with van der Waals surface area (Å²) in [4.78, 5) is 15.6. The van der Waals surface area contributed by atoms with E-state index in [0.717, 1.165) is 34.2 Å². The van der Waals surface area contributed by atoms with Gasteiger partial charge in [-0.2, -0.15) is 0 Å². The van der Waals surface area contributed by atoms with E-state index in [0.29, 0.717) is 6.54 Å². The molecule has 1 amide bonds. The summed E-state index contributed by atoms with van der Waals surface area (Å²) in [5.41, 5.74) is 3.04. The molecular weight excluding hydrogens is 316 g/mol. The molecule has 0 aliphatic carbocycles. The first-order valence-corrected chi connectivity index (χ1v) is 8.22. The molecule has 0 unspecified atom stereocenters. The van der Waals surface area contributed by atoms with Crippen LogP contribution in [0, 0.1) is 0 Å². The Morgan fingerprint density at radius 3 is 2.68 bits per heavy atom. The highest BCUT2D eigenvalue weighted by Gasteiger charge is 2.19. The summed E-state index contributed by atoms with van der Waals surface area (Å²) in [5.74, 6) is 0.687. The SMILES string of the molecule is COc1ccc2[nH]cc(CCNC(=O)[C@H](OC)c3ccccc3)c2c1. The monoisotopic (exact) mass is 338 g/mol. The minimum absolute atomic E-state index is 0.133. The molecule has 1 heterocycles. The van der Waals surface area contributed by atoms with Gasteiger partial charge >= 0.3 is 0 Å². The van der Waals surface area contributed by atoms with E-state index in [2.05, 4.69) is 10.3 Å². The number of nitrogens with one attached hydrogen (secondary N) is 2. The standard InChI is InChI=1S/C20H22N2O3/c1-24-16-8-9-18-17(12-16)15(13-22-18)10-11-21-20(23)19(25-2)14-6-4-3-5-7-14/h3-9,12-13,19,22H,10-11H2,1-2H3,(H,21,23)/t19-/m1/s1. The molecule has 0 radical (unpaired) electrons. The average molecular weight is 338 g/mol. The zero-order valence-corrected chi connectivity index (χ0v) is 14.4. The Labute approximate surface area is 147 Å². The van der Waals surface area contributed by atoms with Gasteiger partial charge in [-0.1, -0.05) is 30.3 Å². The predicted molar refractivity (Wildman–Crippen MR) is 97.8 cm³/mol. The number of carbonyl (C=O) groups excluding carboxylic acids is 1. The lowest BCUT2D eigenvalue weighted by Gasteiger charge is -2.15. The molecule has 1 aromatic heterocycles. The Morgan fingerprint density at radius 2 is 1.96 bits per heavy atom. The smallest absolute Gasteiger partial charge is 0.253 e. The van der Waals surface area contributed by atoms with E-state index in [1.54, 1.807) is 14.2 Å². The molecule has 25 heavy (non-hydrogen) atoms. The molecular formula is C20H22N2O3. The van der Waals surface area contributed by atoms with Crippen LogP contribution in [-0.2, 0) is 16.0 Å². The number of carbonyl (C=O) groups is 1. The van der Waals surface area contributed by atoms with E-state index in [9.17, 15) is 4.79 Å². The number of aromatic nitrogens is 1. The maximum Gasteiger partial charge on any atom is 0.253 e. The first-order valence-electron chi connectivity index (χ1n) is 8.22. The molecule has 0 saturated carbocycles. The molecule has 5 heteroatoms. The summed E-state index contributed by atoms with van der Waals surface area (Å²) >= 11 is 0. The maximum absolute atomic E-state index is 12.4. The molecule has 0 bridgehead atoms. The van der Waals surface area contributed by atoms with Crippen molar-refractivity contribution in [2.24, 2.45) is 0 Å². The highest BCUT2D eigenvalue weighted by Crippen LogP contribution is 2.24. The number of rotatable bonds is 7. The number of benzene rings is 2. The van der Waals surface area contributed by atoms with Crippen LogP contribution >= 0.6 is 0 Å². The van der Waals surface area contributed by atoms with Gasteiger partial charge in [-0.3, -0.25) is 4.79 Å². The quantitative estimate of drug-likeness (QED) is 0.695. The summed E-state index contributed by atoms with van der Waals surface area (Å²) in [7, 11) is 3.20. The number of methoxy groups -OCH3 is 2. The molecule has 0 aliphatic rings. The van der Waals surface area contributed by atoms with E-state index in [1.807, 2.05) is 54.7 Å². The van der Waals surface area contributed by atoms with Crippen molar-refractivity contribution in [2.45, 2.75) is 12.5 Å². The summed E-state index contributed by atoms with van der Waals surface area (Å²) < 4.78 is 10.6. The van der Waals surface area contributed by atoms with E-state index in [1.165, 1.54) is 0 Å². The summed E-state index contributed by atoms with van der Waals surface area (Å²) in [6.45, 7) is 0.537. The van der Waals surface area contributed by atoms with Gasteiger partial charge in [0.1, 0.15) is 5.75 Å². The maximum atomic E-state index is 12.4. The van der Waals surface area contributed by atoms with Crippen molar-refractivity contribution < 1.29 is 14.3 Å². The van der Waals surface area contributed by atoms with Crippen LogP contribution in [-0.4, -0.2) is 31.7 Å². The minimum atomic E-state index is -0.593. The van der Waals surface area contributed by atoms with Crippen LogP contribution in [0.4, 0.5) is 0 Å². The molecule has 0 fully saturated rings. The van der Waals surface area contributed by atoms with Gasteiger partial charge in [-0.25, -0.2) is 0 Å². The first kappa shape index (κ1) is 17.0. The summed E-state index contributed by atoms with van der Waals surface area (Å²) in [6.07, 6.45) is 2.11. The van der Waals surface area contributed by atoms with Crippen molar-refractivity contribution in [1.82, 2.24) is 10.3 Å². The fourth-order valence-corrected chi connectivity index (χ4v) is 2.93. The van der Waals surface area contributed by atoms with Gasteiger partial charge in [-0.15, -0.1) is 0 Å². The van der Waals surface area contributed by atoms with Gasteiger partial charge in [0.05, 0.1) is 7.11 Å². The van der Waals surface area contributed by atoms with Crippen LogP contribution in [0.5, 0.6) is 5.75 Å². The normalized spacial score (nSPS) is 12.1. The lowest BCUT2D eigenvalue weighted by Crippen LogP contribution is -2.31. The number of amides is 1. The highest BCUT2D eigenvalue weighted by molar-refractivity contribution is 5.85. The van der Waals surface area contributed by atoms with Crippen molar-refractivity contribution in [3.63, 3.8) is 0 Å². The van der Waals surface area contributed by atoms with Crippen LogP contribution in [0.3, 0.4) is 0 Å². The van der Waals surface area contributed by atoms with Gasteiger partial charge in [-0.05, 0) is 35.7 Å². The second-order valence-electron chi connectivity index (χ2n) is 5.79. The molecule has 1 atom stereocenters. The number of H-pyrrole nitrogens is 1. The molecule has 3 rings (SSSR count). The van der Waals surface area contributed by atoms with Gasteiger partial charge in [0, 0.05) is 30.8 Å². The zero-order valence-electron chi connectivity index (χ0n) is 14.4. The summed E-state index contributed by atoms with van der Waals surface area (Å²) in [5, 5.41) is 4.07. The van der Waals surface area contributed by atoms with Crippen molar-refractivity contribution in [1.29, 1.82) is 0 Å². The second-order valence-corrected chi connectivity index (χ2v) is 5.79. The number of ether oxygens (including phenoxy) is 2. The Kier molecular flexibility index (Phi) is 5.36. The molecule has 2 N–H and O–H groups in total. The van der Waals surface area contributed by atoms with E-state index in [4.69, 9.17) is 9.47 Å². The fraction of sp³-hybridized carbons (Fsp3) is 0.250. The van der Waals surface area contributed by atoms with Crippen molar-refractivity contribution in [2.75, 3.05) is 20.8 Å². The Morgan fingerprint density at radius 1 is 1.16 bits per heavy atom. The Bertz CT molecular complexity index is 843. The van der Waals surface area contributed by atoms with E-state index in [-0.39, 0.29) is 5.91 Å². The van der Waals surface area contributed by atoms with Crippen molar-refractivity contribution in [3.05, 3.63) is 65.9 Å². The summed E-state index contributed by atoms with van der Waals surface area (Å²) in [6, 6.07) is 15.4. The fourth-order valence-electron chi connectivity index (χ4n) is 2.93. The van der Waals surface area contributed by atoms with Crippen molar-refractivity contribution >= 4 is 16.8 Å². The largest absolute Gasteiger partial charge is 0.497 e. The third-order valence-electron chi connectivity index (χ3n) is 4.24. The predicted octanol–water partition coefficient (Wildman–Crippen LogP) is 3.22. The number of hydrogen-bond acceptors (Lipinski definition) is 3. The first-order chi connectivity index (χ1) is 12.2. The van der Waals surface area contributed by atoms with E-state index >= 15 is 0 Å². The van der Waals surface area contributed by atoms with Gasteiger partial charge in [0.25, 0.3) is 5.91 Å². The van der Waals surface area contributed by atoms with Gasteiger partial charge in [0.15, 0.2) is 6.10 Å². The van der Waals surface area contributed by atoms with Crippen LogP contribution in [0.25, 0.3) is 10.9 Å². The van der Waals surface area contributed by atoms with Gasteiger partial charge < -0.3 is 19.8 Å². The van der Waals surface area contributed by atoms with Crippen LogP contribution < -0.4 is 10.1 Å². The third kappa shape index (κ3) is 3.83. The average Bonchev–Trinajstić information content (AvgIpc) is 3.05. The molecule has 130 valence electrons. The zero-order chi connectivity index (χ0) is 17.6. The third-order valence-corrected chi connectivity index (χ3v) is 4.24. The van der Waals surface area contributed by atoms with Crippen LogP contribution in [0.1, 0.15) is 17.2 Å². The molecule has 0 spiro atoms.